The monoisotopic (exact) mass is 246 g/mol. The summed E-state index contributed by atoms with van der Waals surface area (Å²) in [5.74, 6) is 1.37. The Balaban J connectivity index is 2.43. The van der Waals surface area contributed by atoms with E-state index >= 15 is 0 Å². The number of rotatable bonds is 4. The highest BCUT2D eigenvalue weighted by molar-refractivity contribution is 5.76. The van der Waals surface area contributed by atoms with Crippen LogP contribution in [-0.2, 0) is 0 Å². The van der Waals surface area contributed by atoms with Crippen LogP contribution in [0, 0.1) is 12.8 Å². The molecule has 2 rings (SSSR count). The molecule has 2 aromatic rings. The lowest BCUT2D eigenvalue weighted by atomic mass is 9.93. The molecule has 0 spiro atoms. The van der Waals surface area contributed by atoms with Crippen LogP contribution in [0.15, 0.2) is 18.2 Å². The average Bonchev–Trinajstić information content (AvgIpc) is 2.68. The van der Waals surface area contributed by atoms with Gasteiger partial charge < -0.3 is 15.6 Å². The fourth-order valence-electron chi connectivity index (χ4n) is 2.60. The molecule has 4 nitrogen and oxygen atoms in total. The molecule has 0 aliphatic heterocycles. The minimum atomic E-state index is 0.336. The summed E-state index contributed by atoms with van der Waals surface area (Å²) in [6.45, 7) is 4.85. The fourth-order valence-corrected chi connectivity index (χ4v) is 2.60. The number of nitrogens with zero attached hydrogens (tertiary/aromatic N) is 2. The third kappa shape index (κ3) is 2.40. The molecule has 0 saturated heterocycles. The van der Waals surface area contributed by atoms with Crippen molar-refractivity contribution in [1.29, 1.82) is 0 Å². The van der Waals surface area contributed by atoms with Gasteiger partial charge in [-0.25, -0.2) is 4.98 Å². The number of imidazole rings is 1. The standard InChI is InChI=1S/C14H22N4/c1-9(8-15)14(18(3)4)11-5-6-12-13(7-11)17-10(2)16-12/h5-7,9,14H,8,15H2,1-4H3,(H,16,17). The van der Waals surface area contributed by atoms with Gasteiger partial charge in [0.05, 0.1) is 11.0 Å². The van der Waals surface area contributed by atoms with E-state index in [2.05, 4.69) is 54.1 Å². The van der Waals surface area contributed by atoms with Gasteiger partial charge in [0, 0.05) is 6.04 Å². The predicted octanol–water partition coefficient (Wildman–Crippen LogP) is 2.07. The largest absolute Gasteiger partial charge is 0.342 e. The van der Waals surface area contributed by atoms with Gasteiger partial charge in [-0.2, -0.15) is 0 Å². The van der Waals surface area contributed by atoms with Crippen LogP contribution in [0.1, 0.15) is 24.4 Å². The minimum Gasteiger partial charge on any atom is -0.342 e. The summed E-state index contributed by atoms with van der Waals surface area (Å²) < 4.78 is 0. The second kappa shape index (κ2) is 5.08. The van der Waals surface area contributed by atoms with Crippen molar-refractivity contribution in [2.24, 2.45) is 11.7 Å². The van der Waals surface area contributed by atoms with E-state index < -0.39 is 0 Å². The zero-order chi connectivity index (χ0) is 13.3. The summed E-state index contributed by atoms with van der Waals surface area (Å²) in [4.78, 5) is 9.94. The van der Waals surface area contributed by atoms with Crippen LogP contribution < -0.4 is 5.73 Å². The molecular formula is C14H22N4. The van der Waals surface area contributed by atoms with Gasteiger partial charge in [-0.05, 0) is 51.2 Å². The number of fused-ring (bicyclic) bond motifs is 1. The van der Waals surface area contributed by atoms with Gasteiger partial charge in [-0.15, -0.1) is 0 Å². The number of nitrogens with two attached hydrogens (primary N) is 1. The second-order valence-electron chi connectivity index (χ2n) is 5.22. The van der Waals surface area contributed by atoms with Gasteiger partial charge in [0.25, 0.3) is 0 Å². The number of hydrogen-bond donors (Lipinski definition) is 2. The first-order valence-corrected chi connectivity index (χ1v) is 6.35. The number of H-pyrrole nitrogens is 1. The molecule has 98 valence electrons. The van der Waals surface area contributed by atoms with Gasteiger partial charge in [-0.1, -0.05) is 13.0 Å². The molecule has 2 unspecified atom stereocenters. The van der Waals surface area contributed by atoms with Crippen molar-refractivity contribution >= 4 is 11.0 Å². The molecule has 0 fully saturated rings. The minimum absolute atomic E-state index is 0.336. The second-order valence-corrected chi connectivity index (χ2v) is 5.22. The van der Waals surface area contributed by atoms with Gasteiger partial charge in [0.1, 0.15) is 5.82 Å². The number of nitrogens with one attached hydrogen (secondary N) is 1. The smallest absolute Gasteiger partial charge is 0.104 e. The Morgan fingerprint density at radius 1 is 1.39 bits per heavy atom. The number of aromatic amines is 1. The van der Waals surface area contributed by atoms with Crippen LogP contribution in [0.4, 0.5) is 0 Å². The number of hydrogen-bond acceptors (Lipinski definition) is 3. The van der Waals surface area contributed by atoms with Crippen LogP contribution >= 0.6 is 0 Å². The zero-order valence-corrected chi connectivity index (χ0v) is 11.6. The van der Waals surface area contributed by atoms with E-state index in [1.165, 1.54) is 5.56 Å². The Kier molecular flexibility index (Phi) is 3.68. The summed E-state index contributed by atoms with van der Waals surface area (Å²) >= 11 is 0. The van der Waals surface area contributed by atoms with Crippen LogP contribution in [0.2, 0.25) is 0 Å². The third-order valence-electron chi connectivity index (χ3n) is 3.43. The molecule has 3 N–H and O–H groups in total. The normalized spacial score (nSPS) is 15.2. The topological polar surface area (TPSA) is 57.9 Å². The van der Waals surface area contributed by atoms with Crippen LogP contribution in [0.5, 0.6) is 0 Å². The molecule has 0 amide bonds. The molecule has 2 atom stereocenters. The summed E-state index contributed by atoms with van der Waals surface area (Å²) in [6.07, 6.45) is 0. The van der Waals surface area contributed by atoms with Crippen molar-refractivity contribution in [2.45, 2.75) is 19.9 Å². The van der Waals surface area contributed by atoms with Gasteiger partial charge >= 0.3 is 0 Å². The maximum Gasteiger partial charge on any atom is 0.104 e. The summed E-state index contributed by atoms with van der Waals surface area (Å²) in [6, 6.07) is 6.75. The first-order chi connectivity index (χ1) is 8.52. The maximum absolute atomic E-state index is 5.82. The summed E-state index contributed by atoms with van der Waals surface area (Å²) in [7, 11) is 4.19. The molecule has 0 radical (unpaired) electrons. The molecule has 1 heterocycles. The first-order valence-electron chi connectivity index (χ1n) is 6.35. The van der Waals surface area contributed by atoms with Gasteiger partial charge in [0.15, 0.2) is 0 Å². The van der Waals surface area contributed by atoms with Crippen molar-refractivity contribution < 1.29 is 0 Å². The van der Waals surface area contributed by atoms with Crippen molar-refractivity contribution in [2.75, 3.05) is 20.6 Å². The van der Waals surface area contributed by atoms with Crippen LogP contribution in [-0.4, -0.2) is 35.5 Å². The van der Waals surface area contributed by atoms with Crippen molar-refractivity contribution in [3.8, 4) is 0 Å². The molecule has 18 heavy (non-hydrogen) atoms. The summed E-state index contributed by atoms with van der Waals surface area (Å²) in [5, 5.41) is 0. The Morgan fingerprint density at radius 2 is 2.11 bits per heavy atom. The molecule has 0 bridgehead atoms. The highest BCUT2D eigenvalue weighted by Gasteiger charge is 2.20. The Hall–Kier alpha value is -1.39. The number of aryl methyl sites for hydroxylation is 1. The lowest BCUT2D eigenvalue weighted by molar-refractivity contribution is 0.227. The number of aromatic nitrogens is 2. The Morgan fingerprint density at radius 3 is 2.72 bits per heavy atom. The predicted molar refractivity (Wildman–Crippen MR) is 75.5 cm³/mol. The Bertz CT molecular complexity index is 530. The average molecular weight is 246 g/mol. The number of benzene rings is 1. The third-order valence-corrected chi connectivity index (χ3v) is 3.43. The first kappa shape index (κ1) is 13.1. The Labute approximate surface area is 108 Å². The molecule has 0 aliphatic rings. The van der Waals surface area contributed by atoms with Crippen molar-refractivity contribution in [3.63, 3.8) is 0 Å². The van der Waals surface area contributed by atoms with E-state index in [0.717, 1.165) is 16.9 Å². The molecular weight excluding hydrogens is 224 g/mol. The van der Waals surface area contributed by atoms with E-state index in [1.54, 1.807) is 0 Å². The van der Waals surface area contributed by atoms with Crippen molar-refractivity contribution in [1.82, 2.24) is 14.9 Å². The van der Waals surface area contributed by atoms with E-state index in [9.17, 15) is 0 Å². The van der Waals surface area contributed by atoms with Gasteiger partial charge in [-0.3, -0.25) is 0 Å². The quantitative estimate of drug-likeness (QED) is 0.868. The van der Waals surface area contributed by atoms with E-state index in [1.807, 2.05) is 6.92 Å². The molecule has 1 aromatic heterocycles. The van der Waals surface area contributed by atoms with Crippen LogP contribution in [0.25, 0.3) is 11.0 Å². The molecule has 0 aliphatic carbocycles. The van der Waals surface area contributed by atoms with E-state index in [-0.39, 0.29) is 0 Å². The highest BCUT2D eigenvalue weighted by atomic mass is 15.1. The maximum atomic E-state index is 5.82. The van der Waals surface area contributed by atoms with E-state index in [4.69, 9.17) is 5.73 Å². The SMILES string of the molecule is Cc1nc2ccc(C(C(C)CN)N(C)C)cc2[nH]1. The van der Waals surface area contributed by atoms with Crippen LogP contribution in [0.3, 0.4) is 0 Å². The molecule has 4 heteroatoms. The molecule has 0 saturated carbocycles. The van der Waals surface area contributed by atoms with Gasteiger partial charge in [0.2, 0.25) is 0 Å². The fraction of sp³-hybridized carbons (Fsp3) is 0.500. The molecule has 1 aromatic carbocycles. The lowest BCUT2D eigenvalue weighted by Gasteiger charge is -2.29. The lowest BCUT2D eigenvalue weighted by Crippen LogP contribution is -2.30. The highest BCUT2D eigenvalue weighted by Crippen LogP contribution is 2.28. The summed E-state index contributed by atoms with van der Waals surface area (Å²) in [5.41, 5.74) is 9.22. The zero-order valence-electron chi connectivity index (χ0n) is 11.6. The van der Waals surface area contributed by atoms with Crippen molar-refractivity contribution in [3.05, 3.63) is 29.6 Å². The van der Waals surface area contributed by atoms with E-state index in [0.29, 0.717) is 18.5 Å².